The molecule has 1 saturated heterocycles. The van der Waals surface area contributed by atoms with Crippen molar-refractivity contribution in [2.75, 3.05) is 13.1 Å². The van der Waals surface area contributed by atoms with Gasteiger partial charge in [0.15, 0.2) is 0 Å². The van der Waals surface area contributed by atoms with E-state index < -0.39 is 0 Å². The molecule has 0 aromatic carbocycles. The number of pyridine rings is 1. The summed E-state index contributed by atoms with van der Waals surface area (Å²) in [4.78, 5) is 6.59. The number of rotatable bonds is 3. The molecule has 1 aromatic rings. The molecule has 0 aliphatic carbocycles. The normalized spacial score (nSPS) is 19.4. The zero-order valence-corrected chi connectivity index (χ0v) is 10.5. The van der Waals surface area contributed by atoms with Crippen molar-refractivity contribution >= 4 is 5.84 Å². The number of amidine groups is 1. The molecule has 0 spiro atoms. The Hall–Kier alpha value is -1.42. The molecule has 2 rings (SSSR count). The quantitative estimate of drug-likeness (QED) is 0.614. The molecule has 2 heterocycles. The highest BCUT2D eigenvalue weighted by Crippen LogP contribution is 2.29. The zero-order chi connectivity index (χ0) is 12.5. The van der Waals surface area contributed by atoms with Gasteiger partial charge in [0.25, 0.3) is 0 Å². The second-order valence-electron chi connectivity index (χ2n) is 5.55. The van der Waals surface area contributed by atoms with Crippen molar-refractivity contribution in [3.63, 3.8) is 0 Å². The molecule has 0 bridgehead atoms. The Kier molecular flexibility index (Phi) is 3.15. The van der Waals surface area contributed by atoms with E-state index in [0.717, 1.165) is 25.2 Å². The lowest BCUT2D eigenvalue weighted by Gasteiger charge is -2.20. The number of nitrogens with zero attached hydrogens (tertiary/aromatic N) is 2. The second kappa shape index (κ2) is 4.45. The first kappa shape index (κ1) is 12.0. The molecule has 0 unspecified atom stereocenters. The molecule has 0 amide bonds. The maximum absolute atomic E-state index is 7.53. The van der Waals surface area contributed by atoms with Crippen molar-refractivity contribution in [2.45, 2.75) is 26.8 Å². The number of aromatic nitrogens is 1. The van der Waals surface area contributed by atoms with E-state index in [-0.39, 0.29) is 5.84 Å². The average molecular weight is 232 g/mol. The minimum Gasteiger partial charge on any atom is -0.382 e. The van der Waals surface area contributed by atoms with Crippen LogP contribution in [0.5, 0.6) is 0 Å². The molecule has 3 N–H and O–H groups in total. The van der Waals surface area contributed by atoms with Crippen molar-refractivity contribution in [1.82, 2.24) is 9.88 Å². The summed E-state index contributed by atoms with van der Waals surface area (Å²) in [6, 6.07) is 3.91. The van der Waals surface area contributed by atoms with Crippen LogP contribution >= 0.6 is 0 Å². The van der Waals surface area contributed by atoms with Crippen LogP contribution in [0.4, 0.5) is 0 Å². The fraction of sp³-hybridized carbons (Fsp3) is 0.538. The van der Waals surface area contributed by atoms with Crippen LogP contribution in [0.2, 0.25) is 0 Å². The Balaban J connectivity index is 2.12. The Morgan fingerprint density at radius 1 is 1.59 bits per heavy atom. The highest BCUT2D eigenvalue weighted by molar-refractivity contribution is 5.94. The Morgan fingerprint density at radius 3 is 2.94 bits per heavy atom. The summed E-state index contributed by atoms with van der Waals surface area (Å²) < 4.78 is 0. The molecule has 0 atom stereocenters. The molecule has 1 aliphatic rings. The summed E-state index contributed by atoms with van der Waals surface area (Å²) in [7, 11) is 0. The fourth-order valence-electron chi connectivity index (χ4n) is 2.41. The molecule has 4 heteroatoms. The van der Waals surface area contributed by atoms with Crippen molar-refractivity contribution < 1.29 is 0 Å². The minimum atomic E-state index is 0.0547. The lowest BCUT2D eigenvalue weighted by molar-refractivity contribution is 0.284. The average Bonchev–Trinajstić information content (AvgIpc) is 2.58. The molecule has 4 nitrogen and oxygen atoms in total. The number of nitrogens with one attached hydrogen (secondary N) is 1. The van der Waals surface area contributed by atoms with Gasteiger partial charge in [0.1, 0.15) is 11.5 Å². The van der Waals surface area contributed by atoms with Crippen LogP contribution in [0.15, 0.2) is 18.3 Å². The van der Waals surface area contributed by atoms with Gasteiger partial charge in [-0.25, -0.2) is 0 Å². The largest absolute Gasteiger partial charge is 0.382 e. The molecular weight excluding hydrogens is 212 g/mol. The van der Waals surface area contributed by atoms with Gasteiger partial charge in [-0.15, -0.1) is 0 Å². The second-order valence-corrected chi connectivity index (χ2v) is 5.55. The van der Waals surface area contributed by atoms with E-state index in [1.54, 1.807) is 6.20 Å². The highest BCUT2D eigenvalue weighted by Gasteiger charge is 2.29. The third-order valence-electron chi connectivity index (χ3n) is 3.30. The SMILES string of the molecule is CC1(C)CCN(Cc2cccnc2C(=N)N)C1. The van der Waals surface area contributed by atoms with Gasteiger partial charge in [-0.3, -0.25) is 15.3 Å². The summed E-state index contributed by atoms with van der Waals surface area (Å²) >= 11 is 0. The third-order valence-corrected chi connectivity index (χ3v) is 3.30. The van der Waals surface area contributed by atoms with Crippen LogP contribution in [0.1, 0.15) is 31.5 Å². The van der Waals surface area contributed by atoms with E-state index in [4.69, 9.17) is 11.1 Å². The smallest absolute Gasteiger partial charge is 0.142 e. The Morgan fingerprint density at radius 2 is 2.35 bits per heavy atom. The van der Waals surface area contributed by atoms with Gasteiger partial charge in [-0.2, -0.15) is 0 Å². The fourth-order valence-corrected chi connectivity index (χ4v) is 2.41. The van der Waals surface area contributed by atoms with Crippen molar-refractivity contribution in [2.24, 2.45) is 11.1 Å². The van der Waals surface area contributed by atoms with Crippen molar-refractivity contribution in [3.05, 3.63) is 29.6 Å². The van der Waals surface area contributed by atoms with Crippen molar-refractivity contribution in [1.29, 1.82) is 5.41 Å². The van der Waals surface area contributed by atoms with E-state index in [0.29, 0.717) is 11.1 Å². The molecule has 0 saturated carbocycles. The zero-order valence-electron chi connectivity index (χ0n) is 10.5. The summed E-state index contributed by atoms with van der Waals surface area (Å²) in [6.45, 7) is 7.63. The lowest BCUT2D eigenvalue weighted by atomic mass is 9.93. The van der Waals surface area contributed by atoms with Gasteiger partial charge in [-0.1, -0.05) is 19.9 Å². The Bertz CT molecular complexity index is 425. The summed E-state index contributed by atoms with van der Waals surface area (Å²) in [6.07, 6.45) is 2.91. The van der Waals surface area contributed by atoms with E-state index >= 15 is 0 Å². The van der Waals surface area contributed by atoms with Gasteiger partial charge >= 0.3 is 0 Å². The van der Waals surface area contributed by atoms with Crippen LogP contribution < -0.4 is 5.73 Å². The molecule has 0 radical (unpaired) electrons. The van der Waals surface area contributed by atoms with E-state index in [1.807, 2.05) is 12.1 Å². The summed E-state index contributed by atoms with van der Waals surface area (Å²) in [5.41, 5.74) is 7.62. The van der Waals surface area contributed by atoms with E-state index in [9.17, 15) is 0 Å². The number of nitrogen functional groups attached to an aromatic ring is 1. The van der Waals surface area contributed by atoms with Crippen LogP contribution in [0.3, 0.4) is 0 Å². The first-order chi connectivity index (χ1) is 7.98. The maximum atomic E-state index is 7.53. The van der Waals surface area contributed by atoms with Gasteiger partial charge in [-0.05, 0) is 30.0 Å². The minimum absolute atomic E-state index is 0.0547. The van der Waals surface area contributed by atoms with E-state index in [2.05, 4.69) is 23.7 Å². The number of likely N-dealkylation sites (tertiary alicyclic amines) is 1. The lowest BCUT2D eigenvalue weighted by Crippen LogP contribution is -2.25. The molecule has 1 aromatic heterocycles. The topological polar surface area (TPSA) is 66.0 Å². The first-order valence-corrected chi connectivity index (χ1v) is 5.99. The van der Waals surface area contributed by atoms with Gasteiger partial charge in [0.05, 0.1) is 0 Å². The number of nitrogens with two attached hydrogens (primary N) is 1. The summed E-state index contributed by atoms with van der Waals surface area (Å²) in [5, 5.41) is 7.53. The summed E-state index contributed by atoms with van der Waals surface area (Å²) in [5.74, 6) is 0.0547. The third kappa shape index (κ3) is 2.82. The van der Waals surface area contributed by atoms with Crippen LogP contribution in [-0.2, 0) is 6.54 Å². The van der Waals surface area contributed by atoms with Gasteiger partial charge in [0.2, 0.25) is 0 Å². The predicted octanol–water partition coefficient (Wildman–Crippen LogP) is 1.60. The number of hydrogen-bond acceptors (Lipinski definition) is 3. The highest BCUT2D eigenvalue weighted by atomic mass is 15.2. The van der Waals surface area contributed by atoms with Crippen LogP contribution in [-0.4, -0.2) is 28.8 Å². The number of hydrogen-bond donors (Lipinski definition) is 2. The molecule has 1 fully saturated rings. The van der Waals surface area contributed by atoms with E-state index in [1.165, 1.54) is 6.42 Å². The van der Waals surface area contributed by atoms with Crippen LogP contribution in [0, 0.1) is 10.8 Å². The van der Waals surface area contributed by atoms with Crippen LogP contribution in [0.25, 0.3) is 0 Å². The molecule has 92 valence electrons. The molecule has 1 aliphatic heterocycles. The molecular formula is C13H20N4. The first-order valence-electron chi connectivity index (χ1n) is 5.99. The standard InChI is InChI=1S/C13H20N4/c1-13(2)5-7-17(9-13)8-10-4-3-6-16-11(10)12(14)15/h3-4,6H,5,7-9H2,1-2H3,(H3,14,15). The maximum Gasteiger partial charge on any atom is 0.142 e. The van der Waals surface area contributed by atoms with Gasteiger partial charge < -0.3 is 5.73 Å². The predicted molar refractivity (Wildman–Crippen MR) is 68.9 cm³/mol. The monoisotopic (exact) mass is 232 g/mol. The van der Waals surface area contributed by atoms with Crippen molar-refractivity contribution in [3.8, 4) is 0 Å². The Labute approximate surface area is 102 Å². The molecule has 17 heavy (non-hydrogen) atoms. The van der Waals surface area contributed by atoms with Gasteiger partial charge in [0, 0.05) is 19.3 Å².